The summed E-state index contributed by atoms with van der Waals surface area (Å²) in [5.41, 5.74) is 1.73. The SMILES string of the molecule is CCS(=O)(=O)N(CC(=O)N(Cc1ccccc1Cl)C(Cc1ccccc1)C(=O)NC)c1ccc2c(c1)OCO2. The van der Waals surface area contributed by atoms with Crippen LogP contribution in [0.5, 0.6) is 11.5 Å². The van der Waals surface area contributed by atoms with Gasteiger partial charge in [-0.1, -0.05) is 60.1 Å². The van der Waals surface area contributed by atoms with E-state index in [0.717, 1.165) is 9.87 Å². The Morgan fingerprint density at radius 2 is 1.69 bits per heavy atom. The van der Waals surface area contributed by atoms with E-state index in [1.54, 1.807) is 36.4 Å². The lowest BCUT2D eigenvalue weighted by Gasteiger charge is -2.33. The number of rotatable bonds is 11. The van der Waals surface area contributed by atoms with Crippen LogP contribution in [0.2, 0.25) is 5.02 Å². The van der Waals surface area contributed by atoms with Crippen molar-refractivity contribution in [2.45, 2.75) is 25.9 Å². The van der Waals surface area contributed by atoms with Gasteiger partial charge in [-0.05, 0) is 36.2 Å². The Balaban J connectivity index is 1.73. The standard InChI is InChI=1S/C28H30ClN3O6S/c1-3-39(35,36)32(22-13-14-25-26(16-22)38-19-37-25)18-27(33)31(17-21-11-7-8-12-23(21)29)24(28(34)30-2)15-20-9-5-4-6-10-20/h4-14,16,24H,3,15,17-19H2,1-2H3,(H,30,34). The lowest BCUT2D eigenvalue weighted by atomic mass is 10.0. The summed E-state index contributed by atoms with van der Waals surface area (Å²) in [5, 5.41) is 3.08. The lowest BCUT2D eigenvalue weighted by molar-refractivity contribution is -0.139. The minimum Gasteiger partial charge on any atom is -0.454 e. The summed E-state index contributed by atoms with van der Waals surface area (Å²) in [5.74, 6) is -0.304. The Morgan fingerprint density at radius 1 is 1.00 bits per heavy atom. The van der Waals surface area contributed by atoms with E-state index < -0.39 is 28.5 Å². The van der Waals surface area contributed by atoms with Crippen molar-refractivity contribution in [1.29, 1.82) is 0 Å². The van der Waals surface area contributed by atoms with Crippen molar-refractivity contribution >= 4 is 39.1 Å². The highest BCUT2D eigenvalue weighted by molar-refractivity contribution is 7.92. The fourth-order valence-electron chi connectivity index (χ4n) is 4.29. The minimum absolute atomic E-state index is 0.00454. The molecule has 1 aliphatic rings. The molecule has 0 saturated carbocycles. The predicted molar refractivity (Wildman–Crippen MR) is 149 cm³/mol. The van der Waals surface area contributed by atoms with Crippen LogP contribution in [-0.2, 0) is 32.6 Å². The van der Waals surface area contributed by atoms with Crippen LogP contribution in [0.1, 0.15) is 18.1 Å². The van der Waals surface area contributed by atoms with Crippen LogP contribution in [0.3, 0.4) is 0 Å². The van der Waals surface area contributed by atoms with Gasteiger partial charge in [-0.2, -0.15) is 0 Å². The first-order valence-corrected chi connectivity index (χ1v) is 14.4. The molecular formula is C28H30ClN3O6S. The third-order valence-electron chi connectivity index (χ3n) is 6.44. The van der Waals surface area contributed by atoms with E-state index in [1.807, 2.05) is 30.3 Å². The van der Waals surface area contributed by atoms with Crippen molar-refractivity contribution in [3.63, 3.8) is 0 Å². The second-order valence-electron chi connectivity index (χ2n) is 8.88. The van der Waals surface area contributed by atoms with Gasteiger partial charge in [0.2, 0.25) is 28.6 Å². The average Bonchev–Trinajstić information content (AvgIpc) is 3.42. The number of hydrogen-bond donors (Lipinski definition) is 1. The van der Waals surface area contributed by atoms with Crippen LogP contribution in [0.4, 0.5) is 5.69 Å². The van der Waals surface area contributed by atoms with Crippen LogP contribution in [0.25, 0.3) is 0 Å². The zero-order valence-corrected chi connectivity index (χ0v) is 23.2. The molecule has 2 amide bonds. The summed E-state index contributed by atoms with van der Waals surface area (Å²) >= 11 is 6.43. The number of anilines is 1. The number of benzene rings is 3. The van der Waals surface area contributed by atoms with Crippen molar-refractivity contribution in [3.05, 3.63) is 88.9 Å². The zero-order chi connectivity index (χ0) is 28.0. The molecule has 1 atom stereocenters. The summed E-state index contributed by atoms with van der Waals surface area (Å²) in [6, 6.07) is 20.1. The third kappa shape index (κ3) is 6.63. The molecule has 1 N–H and O–H groups in total. The van der Waals surface area contributed by atoms with Crippen molar-refractivity contribution in [1.82, 2.24) is 10.2 Å². The summed E-state index contributed by atoms with van der Waals surface area (Å²) in [6.07, 6.45) is 0.223. The monoisotopic (exact) mass is 571 g/mol. The van der Waals surface area contributed by atoms with Gasteiger partial charge >= 0.3 is 0 Å². The molecule has 0 aromatic heterocycles. The van der Waals surface area contributed by atoms with Crippen molar-refractivity contribution in [2.24, 2.45) is 0 Å². The number of amides is 2. The normalized spacial score (nSPS) is 13.0. The molecular weight excluding hydrogens is 542 g/mol. The zero-order valence-electron chi connectivity index (χ0n) is 21.7. The molecule has 4 rings (SSSR count). The van der Waals surface area contributed by atoms with Gasteiger partial charge in [0.1, 0.15) is 12.6 Å². The van der Waals surface area contributed by atoms with Crippen LogP contribution in [-0.4, -0.2) is 57.3 Å². The first-order chi connectivity index (χ1) is 18.7. The molecule has 0 fully saturated rings. The van der Waals surface area contributed by atoms with Gasteiger partial charge in [-0.15, -0.1) is 0 Å². The van der Waals surface area contributed by atoms with Gasteiger partial charge < -0.3 is 19.7 Å². The van der Waals surface area contributed by atoms with E-state index in [4.69, 9.17) is 21.1 Å². The number of nitrogens with zero attached hydrogens (tertiary/aromatic N) is 2. The Bertz CT molecular complexity index is 1430. The molecule has 1 unspecified atom stereocenters. The molecule has 3 aromatic carbocycles. The molecule has 0 spiro atoms. The third-order valence-corrected chi connectivity index (χ3v) is 8.55. The van der Waals surface area contributed by atoms with Crippen LogP contribution in [0.15, 0.2) is 72.8 Å². The largest absolute Gasteiger partial charge is 0.454 e. The summed E-state index contributed by atoms with van der Waals surface area (Å²) in [7, 11) is -2.39. The van der Waals surface area contributed by atoms with Crippen molar-refractivity contribution in [3.8, 4) is 11.5 Å². The number of likely N-dealkylation sites (N-methyl/N-ethyl adjacent to an activating group) is 1. The van der Waals surface area contributed by atoms with Crippen LogP contribution >= 0.6 is 11.6 Å². The number of nitrogens with one attached hydrogen (secondary N) is 1. The topological polar surface area (TPSA) is 105 Å². The number of ether oxygens (including phenoxy) is 2. The quantitative estimate of drug-likeness (QED) is 0.377. The highest BCUT2D eigenvalue weighted by atomic mass is 35.5. The molecule has 0 aliphatic carbocycles. The maximum atomic E-state index is 14.0. The Morgan fingerprint density at radius 3 is 2.38 bits per heavy atom. The molecule has 0 radical (unpaired) electrons. The number of carbonyl (C=O) groups is 2. The molecule has 3 aromatic rings. The molecule has 39 heavy (non-hydrogen) atoms. The molecule has 11 heteroatoms. The summed E-state index contributed by atoms with van der Waals surface area (Å²) < 4.78 is 38.2. The van der Waals surface area contributed by atoms with E-state index in [2.05, 4.69) is 5.32 Å². The summed E-state index contributed by atoms with van der Waals surface area (Å²) in [4.78, 5) is 28.6. The van der Waals surface area contributed by atoms with Gasteiger partial charge in [0, 0.05) is 31.1 Å². The van der Waals surface area contributed by atoms with Crippen molar-refractivity contribution < 1.29 is 27.5 Å². The molecule has 1 heterocycles. The van der Waals surface area contributed by atoms with Gasteiger partial charge in [0.25, 0.3) is 0 Å². The van der Waals surface area contributed by atoms with Gasteiger partial charge in [0.15, 0.2) is 11.5 Å². The first kappa shape index (κ1) is 28.3. The average molecular weight is 572 g/mol. The van der Waals surface area contributed by atoms with E-state index in [0.29, 0.717) is 22.1 Å². The smallest absolute Gasteiger partial charge is 0.244 e. The maximum absolute atomic E-state index is 14.0. The Labute approximate surface area is 233 Å². The van der Waals surface area contributed by atoms with Crippen molar-refractivity contribution in [2.75, 3.05) is 30.4 Å². The van der Waals surface area contributed by atoms with Gasteiger partial charge in [0.05, 0.1) is 11.4 Å². The highest BCUT2D eigenvalue weighted by Crippen LogP contribution is 2.36. The van der Waals surface area contributed by atoms with E-state index in [1.165, 1.54) is 24.9 Å². The first-order valence-electron chi connectivity index (χ1n) is 12.4. The number of hydrogen-bond acceptors (Lipinski definition) is 6. The van der Waals surface area contributed by atoms with E-state index >= 15 is 0 Å². The maximum Gasteiger partial charge on any atom is 0.244 e. The van der Waals surface area contributed by atoms with Crippen LogP contribution < -0.4 is 19.1 Å². The highest BCUT2D eigenvalue weighted by Gasteiger charge is 2.34. The lowest BCUT2D eigenvalue weighted by Crippen LogP contribution is -2.53. The Kier molecular flexibility index (Phi) is 8.98. The molecule has 1 aliphatic heterocycles. The second-order valence-corrected chi connectivity index (χ2v) is 11.5. The fourth-order valence-corrected chi connectivity index (χ4v) is 5.54. The minimum atomic E-state index is -3.89. The molecule has 9 nitrogen and oxygen atoms in total. The second kappa shape index (κ2) is 12.4. The van der Waals surface area contributed by atoms with E-state index in [9.17, 15) is 18.0 Å². The Hall–Kier alpha value is -3.76. The fraction of sp³-hybridized carbons (Fsp3) is 0.286. The summed E-state index contributed by atoms with van der Waals surface area (Å²) in [6.45, 7) is 1.01. The number of carbonyl (C=O) groups excluding carboxylic acids is 2. The predicted octanol–water partition coefficient (Wildman–Crippen LogP) is 3.61. The van der Waals surface area contributed by atoms with Gasteiger partial charge in [-0.3, -0.25) is 13.9 Å². The molecule has 0 bridgehead atoms. The van der Waals surface area contributed by atoms with Crippen LogP contribution in [0, 0.1) is 0 Å². The molecule has 0 saturated heterocycles. The van der Waals surface area contributed by atoms with E-state index in [-0.39, 0.29) is 37.1 Å². The number of halogens is 1. The molecule has 206 valence electrons. The number of fused-ring (bicyclic) bond motifs is 1. The number of sulfonamides is 1. The van der Waals surface area contributed by atoms with Gasteiger partial charge in [-0.25, -0.2) is 8.42 Å².